The lowest BCUT2D eigenvalue weighted by molar-refractivity contribution is -0.117. The van der Waals surface area contributed by atoms with Crippen molar-refractivity contribution in [1.82, 2.24) is 9.80 Å². The Morgan fingerprint density at radius 3 is 2.48 bits per heavy atom. The van der Waals surface area contributed by atoms with Crippen LogP contribution >= 0.6 is 0 Å². The number of amides is 1. The number of methoxy groups -OCH3 is 1. The van der Waals surface area contributed by atoms with Gasteiger partial charge in [0, 0.05) is 19.1 Å². The maximum Gasteiger partial charge on any atom is 0.339 e. The summed E-state index contributed by atoms with van der Waals surface area (Å²) in [5, 5.41) is 2.85. The van der Waals surface area contributed by atoms with Gasteiger partial charge in [-0.1, -0.05) is 12.1 Å². The van der Waals surface area contributed by atoms with E-state index in [1.807, 2.05) is 0 Å². The van der Waals surface area contributed by atoms with E-state index in [2.05, 4.69) is 15.1 Å². The average molecular weight is 345 g/mol. The first-order valence-corrected chi connectivity index (χ1v) is 9.11. The molecule has 1 amide bonds. The molecule has 1 N–H and O–H groups in total. The van der Waals surface area contributed by atoms with E-state index in [0.29, 0.717) is 23.8 Å². The molecule has 0 unspecified atom stereocenters. The highest BCUT2D eigenvalue weighted by molar-refractivity contribution is 6.01. The summed E-state index contributed by atoms with van der Waals surface area (Å²) < 4.78 is 4.76. The Balaban J connectivity index is 1.50. The molecule has 2 saturated heterocycles. The standard InChI is InChI=1S/C19H27N3O3/c1-25-19(24)16-6-2-3-7-17(16)20-18(23)14-21-12-8-15(9-13-21)22-10-4-5-11-22/h2-3,6-7,15H,4-5,8-14H2,1H3,(H,20,23). The predicted octanol–water partition coefficient (Wildman–Crippen LogP) is 1.97. The minimum atomic E-state index is -0.442. The Hall–Kier alpha value is -1.92. The summed E-state index contributed by atoms with van der Waals surface area (Å²) in [4.78, 5) is 28.9. The van der Waals surface area contributed by atoms with Crippen LogP contribution in [0.2, 0.25) is 0 Å². The molecule has 0 bridgehead atoms. The molecular formula is C19H27N3O3. The van der Waals surface area contributed by atoms with Crippen molar-refractivity contribution in [2.45, 2.75) is 31.7 Å². The Morgan fingerprint density at radius 1 is 1.12 bits per heavy atom. The van der Waals surface area contributed by atoms with Gasteiger partial charge in [0.05, 0.1) is 24.9 Å². The van der Waals surface area contributed by atoms with Crippen molar-refractivity contribution in [1.29, 1.82) is 0 Å². The maximum absolute atomic E-state index is 12.4. The molecule has 0 aliphatic carbocycles. The minimum Gasteiger partial charge on any atom is -0.465 e. The lowest BCUT2D eigenvalue weighted by Gasteiger charge is -2.36. The number of benzene rings is 1. The zero-order valence-electron chi connectivity index (χ0n) is 14.9. The predicted molar refractivity (Wildman–Crippen MR) is 96.7 cm³/mol. The van der Waals surface area contributed by atoms with Crippen LogP contribution < -0.4 is 5.32 Å². The largest absolute Gasteiger partial charge is 0.465 e. The summed E-state index contributed by atoms with van der Waals surface area (Å²) in [5.41, 5.74) is 0.886. The van der Waals surface area contributed by atoms with E-state index in [9.17, 15) is 9.59 Å². The van der Waals surface area contributed by atoms with Crippen LogP contribution in [-0.2, 0) is 9.53 Å². The molecule has 25 heavy (non-hydrogen) atoms. The molecule has 2 fully saturated rings. The van der Waals surface area contributed by atoms with Gasteiger partial charge >= 0.3 is 5.97 Å². The molecule has 3 rings (SSSR count). The Morgan fingerprint density at radius 2 is 1.80 bits per heavy atom. The SMILES string of the molecule is COC(=O)c1ccccc1NC(=O)CN1CCC(N2CCCC2)CC1. The van der Waals surface area contributed by atoms with Gasteiger partial charge in [0.25, 0.3) is 0 Å². The van der Waals surface area contributed by atoms with Crippen molar-refractivity contribution in [3.8, 4) is 0 Å². The van der Waals surface area contributed by atoms with Crippen LogP contribution in [0.25, 0.3) is 0 Å². The van der Waals surface area contributed by atoms with Gasteiger partial charge in [-0.25, -0.2) is 4.79 Å². The van der Waals surface area contributed by atoms with E-state index in [-0.39, 0.29) is 5.91 Å². The van der Waals surface area contributed by atoms with Crippen LogP contribution in [0.4, 0.5) is 5.69 Å². The highest BCUT2D eigenvalue weighted by atomic mass is 16.5. The molecule has 2 heterocycles. The Labute approximate surface area is 149 Å². The van der Waals surface area contributed by atoms with Gasteiger partial charge in [-0.15, -0.1) is 0 Å². The first-order valence-electron chi connectivity index (χ1n) is 9.11. The molecule has 0 atom stereocenters. The fraction of sp³-hybridized carbons (Fsp3) is 0.579. The summed E-state index contributed by atoms with van der Waals surface area (Å²) in [5.74, 6) is -0.529. The van der Waals surface area contributed by atoms with E-state index in [0.717, 1.165) is 25.9 Å². The van der Waals surface area contributed by atoms with Crippen molar-refractivity contribution >= 4 is 17.6 Å². The fourth-order valence-corrected chi connectivity index (χ4v) is 3.82. The summed E-state index contributed by atoms with van der Waals surface area (Å²) >= 11 is 0. The number of piperidine rings is 1. The number of carbonyl (C=O) groups is 2. The highest BCUT2D eigenvalue weighted by Crippen LogP contribution is 2.21. The molecule has 2 aliphatic heterocycles. The highest BCUT2D eigenvalue weighted by Gasteiger charge is 2.27. The molecule has 1 aromatic carbocycles. The number of rotatable bonds is 5. The number of carbonyl (C=O) groups excluding carboxylic acids is 2. The van der Waals surface area contributed by atoms with Gasteiger partial charge in [-0.05, 0) is 50.9 Å². The first kappa shape index (κ1) is 17.9. The molecule has 0 aromatic heterocycles. The summed E-state index contributed by atoms with van der Waals surface area (Å²) in [6.07, 6.45) is 4.91. The zero-order valence-corrected chi connectivity index (χ0v) is 14.9. The fourth-order valence-electron chi connectivity index (χ4n) is 3.82. The van der Waals surface area contributed by atoms with Crippen molar-refractivity contribution in [2.24, 2.45) is 0 Å². The second-order valence-corrected chi connectivity index (χ2v) is 6.84. The number of ether oxygens (including phenoxy) is 1. The third-order valence-electron chi connectivity index (χ3n) is 5.19. The average Bonchev–Trinajstić information content (AvgIpc) is 3.17. The van der Waals surface area contributed by atoms with Crippen molar-refractivity contribution in [3.63, 3.8) is 0 Å². The van der Waals surface area contributed by atoms with Gasteiger partial charge in [0.2, 0.25) is 5.91 Å². The number of hydrogen-bond acceptors (Lipinski definition) is 5. The van der Waals surface area contributed by atoms with Crippen molar-refractivity contribution in [3.05, 3.63) is 29.8 Å². The number of nitrogens with zero attached hydrogens (tertiary/aromatic N) is 2. The molecule has 6 heteroatoms. The first-order chi connectivity index (χ1) is 12.2. The normalized spacial score (nSPS) is 19.7. The van der Waals surface area contributed by atoms with Crippen molar-refractivity contribution < 1.29 is 14.3 Å². The van der Waals surface area contributed by atoms with E-state index < -0.39 is 5.97 Å². The van der Waals surface area contributed by atoms with Gasteiger partial charge in [0.1, 0.15) is 0 Å². The number of anilines is 1. The van der Waals surface area contributed by atoms with Crippen LogP contribution in [0.1, 0.15) is 36.0 Å². The van der Waals surface area contributed by atoms with Gasteiger partial charge in [0.15, 0.2) is 0 Å². The van der Waals surface area contributed by atoms with E-state index in [4.69, 9.17) is 4.74 Å². The summed E-state index contributed by atoms with van der Waals surface area (Å²) in [6.45, 7) is 4.73. The van der Waals surface area contributed by atoms with Crippen LogP contribution in [0.3, 0.4) is 0 Å². The monoisotopic (exact) mass is 345 g/mol. The molecule has 1 aromatic rings. The van der Waals surface area contributed by atoms with Gasteiger partial charge in [-0.2, -0.15) is 0 Å². The summed E-state index contributed by atoms with van der Waals surface area (Å²) in [7, 11) is 1.34. The lowest BCUT2D eigenvalue weighted by atomic mass is 10.0. The van der Waals surface area contributed by atoms with Crippen LogP contribution in [0, 0.1) is 0 Å². The number of likely N-dealkylation sites (tertiary alicyclic amines) is 2. The van der Waals surface area contributed by atoms with Crippen molar-refractivity contribution in [2.75, 3.05) is 45.2 Å². The Bertz CT molecular complexity index is 606. The van der Waals surface area contributed by atoms with E-state index in [1.165, 1.54) is 33.0 Å². The molecule has 0 spiro atoms. The number of esters is 1. The molecular weight excluding hydrogens is 318 g/mol. The third-order valence-corrected chi connectivity index (χ3v) is 5.19. The quantitative estimate of drug-likeness (QED) is 0.827. The number of hydrogen-bond donors (Lipinski definition) is 1. The zero-order chi connectivity index (χ0) is 17.6. The van der Waals surface area contributed by atoms with E-state index >= 15 is 0 Å². The van der Waals surface area contributed by atoms with E-state index in [1.54, 1.807) is 24.3 Å². The lowest BCUT2D eigenvalue weighted by Crippen LogP contribution is -2.46. The third kappa shape index (κ3) is 4.58. The molecule has 6 nitrogen and oxygen atoms in total. The van der Waals surface area contributed by atoms with Crippen LogP contribution in [0.5, 0.6) is 0 Å². The van der Waals surface area contributed by atoms with Gasteiger partial charge in [-0.3, -0.25) is 9.69 Å². The smallest absolute Gasteiger partial charge is 0.339 e. The van der Waals surface area contributed by atoms with Crippen LogP contribution in [-0.4, -0.2) is 67.6 Å². The molecule has 0 radical (unpaired) electrons. The second kappa shape index (κ2) is 8.45. The van der Waals surface area contributed by atoms with Crippen LogP contribution in [0.15, 0.2) is 24.3 Å². The maximum atomic E-state index is 12.4. The molecule has 0 saturated carbocycles. The number of para-hydroxylation sites is 1. The van der Waals surface area contributed by atoms with Gasteiger partial charge < -0.3 is 15.0 Å². The topological polar surface area (TPSA) is 61.9 Å². The number of nitrogens with one attached hydrogen (secondary N) is 1. The molecule has 2 aliphatic rings. The Kier molecular flexibility index (Phi) is 6.04. The second-order valence-electron chi connectivity index (χ2n) is 6.84. The summed E-state index contributed by atoms with van der Waals surface area (Å²) in [6, 6.07) is 7.61. The minimum absolute atomic E-state index is 0.0871. The molecule has 136 valence electrons.